The first kappa shape index (κ1) is 17.1. The van der Waals surface area contributed by atoms with Crippen LogP contribution in [-0.2, 0) is 11.3 Å². The van der Waals surface area contributed by atoms with Gasteiger partial charge in [0.1, 0.15) is 11.9 Å². The molecule has 1 aromatic heterocycles. The second-order valence-electron chi connectivity index (χ2n) is 6.00. The Morgan fingerprint density at radius 2 is 2.00 bits per heavy atom. The number of carbonyl (C=O) groups is 2. The highest BCUT2D eigenvalue weighted by Gasteiger charge is 2.34. The third kappa shape index (κ3) is 4.40. The Balaban J connectivity index is 1.56. The Kier molecular flexibility index (Phi) is 5.37. The molecule has 1 aliphatic rings. The molecule has 0 bridgehead atoms. The van der Waals surface area contributed by atoms with Gasteiger partial charge in [-0.15, -0.1) is 0 Å². The molecule has 1 aromatic carbocycles. The lowest BCUT2D eigenvalue weighted by Crippen LogP contribution is -2.50. The predicted octanol–water partition coefficient (Wildman–Crippen LogP) is 0.486. The standard InChI is InChI=1S/C18H21N5O2/c1-12-5-7-13(8-6-12)10-20-17(24)14-11-21-23-16(14)22-18(25)15-4-2-3-9-19-15/h2-9,14,16,21,23H,10-11H2,1H3,(H,20,24)(H,22,25). The Morgan fingerprint density at radius 3 is 2.72 bits per heavy atom. The first-order valence-corrected chi connectivity index (χ1v) is 8.17. The quantitative estimate of drug-likeness (QED) is 0.636. The molecule has 0 aliphatic carbocycles. The molecule has 0 radical (unpaired) electrons. The molecule has 2 amide bonds. The van der Waals surface area contributed by atoms with E-state index in [1.54, 1.807) is 24.4 Å². The summed E-state index contributed by atoms with van der Waals surface area (Å²) in [6.45, 7) is 2.91. The number of benzene rings is 1. The SMILES string of the molecule is Cc1ccc(CNC(=O)C2CNNC2NC(=O)c2ccccn2)cc1. The van der Waals surface area contributed by atoms with E-state index in [2.05, 4.69) is 26.5 Å². The number of hydrogen-bond acceptors (Lipinski definition) is 5. The summed E-state index contributed by atoms with van der Waals surface area (Å²) in [5, 5.41) is 5.71. The molecule has 2 unspecified atom stereocenters. The van der Waals surface area contributed by atoms with Crippen molar-refractivity contribution in [3.63, 3.8) is 0 Å². The molecule has 25 heavy (non-hydrogen) atoms. The van der Waals surface area contributed by atoms with Crippen LogP contribution in [0.5, 0.6) is 0 Å². The number of hydrazine groups is 1. The zero-order chi connectivity index (χ0) is 17.6. The van der Waals surface area contributed by atoms with Gasteiger partial charge in [-0.3, -0.25) is 20.0 Å². The van der Waals surface area contributed by atoms with Crippen molar-refractivity contribution in [2.45, 2.75) is 19.6 Å². The molecule has 2 atom stereocenters. The minimum atomic E-state index is -0.493. The maximum Gasteiger partial charge on any atom is 0.271 e. The van der Waals surface area contributed by atoms with E-state index in [1.165, 1.54) is 5.56 Å². The van der Waals surface area contributed by atoms with Crippen LogP contribution in [0.3, 0.4) is 0 Å². The molecule has 7 heteroatoms. The van der Waals surface area contributed by atoms with E-state index in [-0.39, 0.29) is 11.8 Å². The van der Waals surface area contributed by atoms with Gasteiger partial charge in [0.15, 0.2) is 0 Å². The van der Waals surface area contributed by atoms with E-state index in [9.17, 15) is 9.59 Å². The number of carbonyl (C=O) groups excluding carboxylic acids is 2. The molecule has 0 saturated carbocycles. The summed E-state index contributed by atoms with van der Waals surface area (Å²) >= 11 is 0. The van der Waals surface area contributed by atoms with Crippen LogP contribution in [0.15, 0.2) is 48.7 Å². The van der Waals surface area contributed by atoms with Crippen LogP contribution in [0.2, 0.25) is 0 Å². The van der Waals surface area contributed by atoms with Gasteiger partial charge in [0.25, 0.3) is 5.91 Å². The fraction of sp³-hybridized carbons (Fsp3) is 0.278. The van der Waals surface area contributed by atoms with Gasteiger partial charge in [0.05, 0.1) is 5.92 Å². The Morgan fingerprint density at radius 1 is 1.20 bits per heavy atom. The first-order chi connectivity index (χ1) is 12.1. The van der Waals surface area contributed by atoms with E-state index in [0.717, 1.165) is 5.56 Å². The molecule has 0 spiro atoms. The lowest BCUT2D eigenvalue weighted by Gasteiger charge is -2.19. The molecule has 7 nitrogen and oxygen atoms in total. The van der Waals surface area contributed by atoms with Gasteiger partial charge in [0, 0.05) is 19.3 Å². The number of hydrogen-bond donors (Lipinski definition) is 4. The lowest BCUT2D eigenvalue weighted by molar-refractivity contribution is -0.125. The molecule has 130 valence electrons. The van der Waals surface area contributed by atoms with Gasteiger partial charge in [-0.2, -0.15) is 0 Å². The van der Waals surface area contributed by atoms with Gasteiger partial charge >= 0.3 is 0 Å². The van der Waals surface area contributed by atoms with E-state index in [4.69, 9.17) is 0 Å². The number of amides is 2. The molecule has 1 fully saturated rings. The zero-order valence-corrected chi connectivity index (χ0v) is 14.0. The topological polar surface area (TPSA) is 95.1 Å². The second-order valence-corrected chi connectivity index (χ2v) is 6.00. The molecule has 2 heterocycles. The molecular formula is C18H21N5O2. The summed E-state index contributed by atoms with van der Waals surface area (Å²) in [6, 6.07) is 13.1. The number of nitrogens with one attached hydrogen (secondary N) is 4. The largest absolute Gasteiger partial charge is 0.352 e. The Labute approximate surface area is 146 Å². The average Bonchev–Trinajstić information content (AvgIpc) is 3.10. The third-order valence-electron chi connectivity index (χ3n) is 4.09. The van der Waals surface area contributed by atoms with Crippen LogP contribution in [0, 0.1) is 12.8 Å². The van der Waals surface area contributed by atoms with Gasteiger partial charge in [-0.25, -0.2) is 5.43 Å². The van der Waals surface area contributed by atoms with Crippen LogP contribution in [0.1, 0.15) is 21.6 Å². The van der Waals surface area contributed by atoms with Crippen molar-refractivity contribution in [3.8, 4) is 0 Å². The highest BCUT2D eigenvalue weighted by molar-refractivity contribution is 5.93. The fourth-order valence-corrected chi connectivity index (χ4v) is 2.62. The van der Waals surface area contributed by atoms with Crippen LogP contribution in [0.4, 0.5) is 0 Å². The van der Waals surface area contributed by atoms with E-state index < -0.39 is 12.1 Å². The van der Waals surface area contributed by atoms with Gasteiger partial charge < -0.3 is 10.6 Å². The molecule has 2 aromatic rings. The highest BCUT2D eigenvalue weighted by Crippen LogP contribution is 2.08. The van der Waals surface area contributed by atoms with Gasteiger partial charge in [0.2, 0.25) is 5.91 Å². The monoisotopic (exact) mass is 339 g/mol. The van der Waals surface area contributed by atoms with Crippen molar-refractivity contribution in [1.82, 2.24) is 26.5 Å². The average molecular weight is 339 g/mol. The maximum atomic E-state index is 12.5. The summed E-state index contributed by atoms with van der Waals surface area (Å²) < 4.78 is 0. The third-order valence-corrected chi connectivity index (χ3v) is 4.09. The van der Waals surface area contributed by atoms with Crippen LogP contribution < -0.4 is 21.5 Å². The van der Waals surface area contributed by atoms with E-state index >= 15 is 0 Å². The van der Waals surface area contributed by atoms with E-state index in [0.29, 0.717) is 18.8 Å². The molecular weight excluding hydrogens is 318 g/mol. The minimum Gasteiger partial charge on any atom is -0.352 e. The van der Waals surface area contributed by atoms with Crippen molar-refractivity contribution in [2.75, 3.05) is 6.54 Å². The van der Waals surface area contributed by atoms with Crippen molar-refractivity contribution >= 4 is 11.8 Å². The van der Waals surface area contributed by atoms with Crippen LogP contribution in [-0.4, -0.2) is 29.5 Å². The normalized spacial score (nSPS) is 19.4. The maximum absolute atomic E-state index is 12.5. The molecule has 3 rings (SSSR count). The summed E-state index contributed by atoms with van der Waals surface area (Å²) in [4.78, 5) is 28.7. The van der Waals surface area contributed by atoms with Crippen LogP contribution >= 0.6 is 0 Å². The number of nitrogens with zero attached hydrogens (tertiary/aromatic N) is 1. The van der Waals surface area contributed by atoms with E-state index in [1.807, 2.05) is 31.2 Å². The number of rotatable bonds is 5. The van der Waals surface area contributed by atoms with Crippen LogP contribution in [0.25, 0.3) is 0 Å². The highest BCUT2D eigenvalue weighted by atomic mass is 16.2. The number of aromatic nitrogens is 1. The summed E-state index contributed by atoms with van der Waals surface area (Å²) in [6.07, 6.45) is 1.06. The molecule has 1 saturated heterocycles. The molecule has 1 aliphatic heterocycles. The second kappa shape index (κ2) is 7.87. The number of aryl methyl sites for hydroxylation is 1. The summed E-state index contributed by atoms with van der Waals surface area (Å²) in [7, 11) is 0. The van der Waals surface area contributed by atoms with Gasteiger partial charge in [-0.1, -0.05) is 35.9 Å². The zero-order valence-electron chi connectivity index (χ0n) is 14.0. The fourth-order valence-electron chi connectivity index (χ4n) is 2.62. The minimum absolute atomic E-state index is 0.121. The lowest BCUT2D eigenvalue weighted by atomic mass is 10.1. The smallest absolute Gasteiger partial charge is 0.271 e. The summed E-state index contributed by atoms with van der Waals surface area (Å²) in [5.41, 5.74) is 8.37. The van der Waals surface area contributed by atoms with Crippen molar-refractivity contribution in [3.05, 3.63) is 65.5 Å². The first-order valence-electron chi connectivity index (χ1n) is 8.17. The number of pyridine rings is 1. The van der Waals surface area contributed by atoms with Crippen molar-refractivity contribution in [2.24, 2.45) is 5.92 Å². The predicted molar refractivity (Wildman–Crippen MR) is 93.1 cm³/mol. The van der Waals surface area contributed by atoms with Crippen molar-refractivity contribution < 1.29 is 9.59 Å². The summed E-state index contributed by atoms with van der Waals surface area (Å²) in [5.74, 6) is -0.847. The Hall–Kier alpha value is -2.77. The molecule has 4 N–H and O–H groups in total. The van der Waals surface area contributed by atoms with Crippen molar-refractivity contribution in [1.29, 1.82) is 0 Å². The Bertz CT molecular complexity index is 733. The van der Waals surface area contributed by atoms with Gasteiger partial charge in [-0.05, 0) is 24.6 Å².